The maximum atomic E-state index is 8.39. The third kappa shape index (κ3) is 2.17. The van der Waals surface area contributed by atoms with Crippen LogP contribution in [0.2, 0.25) is 10.0 Å². The van der Waals surface area contributed by atoms with Crippen LogP contribution in [0.15, 0.2) is 17.4 Å². The molecule has 5 heteroatoms. The van der Waals surface area contributed by atoms with Crippen LogP contribution in [0.25, 0.3) is 0 Å². The second kappa shape index (κ2) is 4.40. The molecule has 0 radical (unpaired) electrons. The molecule has 0 spiro atoms. The summed E-state index contributed by atoms with van der Waals surface area (Å²) in [6, 6.07) is 0. The lowest BCUT2D eigenvalue weighted by Gasteiger charge is -1.97. The van der Waals surface area contributed by atoms with E-state index in [-0.39, 0.29) is 6.73 Å². The van der Waals surface area contributed by atoms with E-state index in [1.165, 1.54) is 18.6 Å². The number of aromatic nitrogens is 1. The fraction of sp³-hybridized carbons (Fsp3) is 0.143. The predicted octanol–water partition coefficient (Wildman–Crippen LogP) is 1.76. The highest BCUT2D eigenvalue weighted by molar-refractivity contribution is 6.43. The molecule has 0 amide bonds. The predicted molar refractivity (Wildman–Crippen MR) is 48.9 cm³/mol. The van der Waals surface area contributed by atoms with Crippen LogP contribution in [0.4, 0.5) is 0 Å². The smallest absolute Gasteiger partial charge is 0.134 e. The molecule has 12 heavy (non-hydrogen) atoms. The van der Waals surface area contributed by atoms with Gasteiger partial charge in [-0.05, 0) is 0 Å². The maximum Gasteiger partial charge on any atom is 0.134 e. The molecule has 0 aliphatic carbocycles. The first kappa shape index (κ1) is 9.45. The van der Waals surface area contributed by atoms with E-state index in [0.29, 0.717) is 15.6 Å². The fourth-order valence-corrected chi connectivity index (χ4v) is 0.975. The Morgan fingerprint density at radius 1 is 1.50 bits per heavy atom. The average molecular weight is 205 g/mol. The van der Waals surface area contributed by atoms with Crippen LogP contribution >= 0.6 is 23.2 Å². The molecule has 0 fully saturated rings. The number of rotatable bonds is 2. The monoisotopic (exact) mass is 204 g/mol. The van der Waals surface area contributed by atoms with Gasteiger partial charge in [0.05, 0.1) is 10.0 Å². The molecule has 0 saturated heterocycles. The van der Waals surface area contributed by atoms with Gasteiger partial charge < -0.3 is 5.11 Å². The summed E-state index contributed by atoms with van der Waals surface area (Å²) >= 11 is 11.5. The molecule has 0 unspecified atom stereocenters. The Balaban J connectivity index is 3.00. The van der Waals surface area contributed by atoms with Crippen LogP contribution in [0.3, 0.4) is 0 Å². The van der Waals surface area contributed by atoms with Crippen molar-refractivity contribution in [1.29, 1.82) is 0 Å². The topological polar surface area (TPSA) is 45.5 Å². The number of aliphatic hydroxyl groups excluding tert-OH is 1. The third-order valence-electron chi connectivity index (χ3n) is 1.18. The quantitative estimate of drug-likeness (QED) is 0.747. The van der Waals surface area contributed by atoms with Crippen molar-refractivity contribution in [3.8, 4) is 0 Å². The zero-order chi connectivity index (χ0) is 8.97. The molecule has 64 valence electrons. The summed E-state index contributed by atoms with van der Waals surface area (Å²) in [6.45, 7) is -0.275. The number of pyridine rings is 1. The largest absolute Gasteiger partial charge is 0.375 e. The van der Waals surface area contributed by atoms with E-state index < -0.39 is 0 Å². The zero-order valence-electron chi connectivity index (χ0n) is 6.04. The van der Waals surface area contributed by atoms with Crippen LogP contribution in [-0.2, 0) is 0 Å². The van der Waals surface area contributed by atoms with Gasteiger partial charge in [0.15, 0.2) is 0 Å². The minimum Gasteiger partial charge on any atom is -0.375 e. The van der Waals surface area contributed by atoms with Crippen LogP contribution < -0.4 is 0 Å². The summed E-state index contributed by atoms with van der Waals surface area (Å²) in [4.78, 5) is 7.40. The summed E-state index contributed by atoms with van der Waals surface area (Å²) in [5.74, 6) is 0. The molecule has 0 aliphatic heterocycles. The normalized spacial score (nSPS) is 10.9. The third-order valence-corrected chi connectivity index (χ3v) is 1.98. The van der Waals surface area contributed by atoms with Crippen molar-refractivity contribution >= 4 is 29.4 Å². The fourth-order valence-electron chi connectivity index (χ4n) is 0.663. The molecule has 0 saturated carbocycles. The van der Waals surface area contributed by atoms with Crippen LogP contribution in [-0.4, -0.2) is 23.0 Å². The van der Waals surface area contributed by atoms with Gasteiger partial charge in [-0.1, -0.05) is 23.2 Å². The highest BCUT2D eigenvalue weighted by atomic mass is 35.5. The Kier molecular flexibility index (Phi) is 3.47. The van der Waals surface area contributed by atoms with Gasteiger partial charge in [0.2, 0.25) is 0 Å². The summed E-state index contributed by atoms with van der Waals surface area (Å²) < 4.78 is 0. The average Bonchev–Trinajstić information content (AvgIpc) is 2.08. The molecule has 0 aromatic carbocycles. The summed E-state index contributed by atoms with van der Waals surface area (Å²) in [5.41, 5.74) is 0.596. The Morgan fingerprint density at radius 3 is 2.92 bits per heavy atom. The first-order valence-corrected chi connectivity index (χ1v) is 3.91. The first-order chi connectivity index (χ1) is 5.75. The van der Waals surface area contributed by atoms with Crippen molar-refractivity contribution in [2.75, 3.05) is 6.73 Å². The molecule has 1 aromatic heterocycles. The van der Waals surface area contributed by atoms with Crippen LogP contribution in [0.1, 0.15) is 5.56 Å². The van der Waals surface area contributed by atoms with E-state index in [2.05, 4.69) is 9.98 Å². The molecule has 3 nitrogen and oxygen atoms in total. The second-order valence-corrected chi connectivity index (χ2v) is 2.76. The summed E-state index contributed by atoms with van der Waals surface area (Å²) in [5, 5.41) is 9.16. The Hall–Kier alpha value is -0.640. The molecule has 0 aliphatic rings. The highest BCUT2D eigenvalue weighted by Crippen LogP contribution is 2.22. The minimum absolute atomic E-state index is 0.275. The van der Waals surface area contributed by atoms with E-state index in [1.807, 2.05) is 0 Å². The van der Waals surface area contributed by atoms with Crippen molar-refractivity contribution in [3.05, 3.63) is 28.0 Å². The van der Waals surface area contributed by atoms with E-state index >= 15 is 0 Å². The highest BCUT2D eigenvalue weighted by Gasteiger charge is 2.01. The van der Waals surface area contributed by atoms with Crippen molar-refractivity contribution < 1.29 is 5.11 Å². The first-order valence-electron chi connectivity index (χ1n) is 3.15. The lowest BCUT2D eigenvalue weighted by Crippen LogP contribution is -1.87. The van der Waals surface area contributed by atoms with E-state index in [9.17, 15) is 0 Å². The Labute approximate surface area is 79.7 Å². The van der Waals surface area contributed by atoms with E-state index in [4.69, 9.17) is 28.3 Å². The Morgan fingerprint density at radius 2 is 2.25 bits per heavy atom. The molecule has 1 N–H and O–H groups in total. The minimum atomic E-state index is -0.275. The van der Waals surface area contributed by atoms with Gasteiger partial charge in [-0.2, -0.15) is 0 Å². The number of hydrogen-bond acceptors (Lipinski definition) is 3. The molecule has 1 heterocycles. The summed E-state index contributed by atoms with van der Waals surface area (Å²) in [7, 11) is 0. The molecular weight excluding hydrogens is 199 g/mol. The molecule has 0 bridgehead atoms. The van der Waals surface area contributed by atoms with Gasteiger partial charge >= 0.3 is 0 Å². The summed E-state index contributed by atoms with van der Waals surface area (Å²) in [6.07, 6.45) is 4.38. The molecular formula is C7H6Cl2N2O. The molecule has 0 atom stereocenters. The second-order valence-electron chi connectivity index (χ2n) is 1.98. The molecule has 1 rings (SSSR count). The number of nitrogens with zero attached hydrogens (tertiary/aromatic N) is 2. The van der Waals surface area contributed by atoms with Gasteiger partial charge in [0.1, 0.15) is 6.73 Å². The van der Waals surface area contributed by atoms with Crippen molar-refractivity contribution in [2.24, 2.45) is 4.99 Å². The van der Waals surface area contributed by atoms with Crippen molar-refractivity contribution in [3.63, 3.8) is 0 Å². The van der Waals surface area contributed by atoms with Gasteiger partial charge in [-0.3, -0.25) is 9.98 Å². The lowest BCUT2D eigenvalue weighted by molar-refractivity contribution is 0.310. The SMILES string of the molecule is OCN=Cc1cncc(Cl)c1Cl. The zero-order valence-corrected chi connectivity index (χ0v) is 7.55. The number of aliphatic imine (C=N–C) groups is 1. The number of halogens is 2. The van der Waals surface area contributed by atoms with Crippen LogP contribution in [0.5, 0.6) is 0 Å². The van der Waals surface area contributed by atoms with E-state index in [0.717, 1.165) is 0 Å². The number of aliphatic hydroxyl groups is 1. The van der Waals surface area contributed by atoms with E-state index in [1.54, 1.807) is 0 Å². The van der Waals surface area contributed by atoms with Crippen LogP contribution in [0, 0.1) is 0 Å². The van der Waals surface area contributed by atoms with Crippen molar-refractivity contribution in [1.82, 2.24) is 4.98 Å². The van der Waals surface area contributed by atoms with Gasteiger partial charge in [-0.25, -0.2) is 0 Å². The van der Waals surface area contributed by atoms with Gasteiger partial charge in [-0.15, -0.1) is 0 Å². The van der Waals surface area contributed by atoms with Gasteiger partial charge in [0, 0.05) is 24.2 Å². The Bertz CT molecular complexity index is 301. The lowest BCUT2D eigenvalue weighted by atomic mass is 10.3. The number of hydrogen-bond donors (Lipinski definition) is 1. The standard InChI is InChI=1S/C7H6Cl2N2O/c8-6-3-10-1-5(7(6)9)2-11-4-12/h1-3,12H,4H2. The van der Waals surface area contributed by atoms with Crippen molar-refractivity contribution in [2.45, 2.75) is 0 Å². The molecule has 1 aromatic rings. The van der Waals surface area contributed by atoms with Gasteiger partial charge in [0.25, 0.3) is 0 Å². The maximum absolute atomic E-state index is 8.39.